The molecule has 1 rings (SSSR count). The fourth-order valence-electron chi connectivity index (χ4n) is 0.0113. The second-order valence-corrected chi connectivity index (χ2v) is 47.7. The maximum absolute atomic E-state index is 3.19. The Balaban J connectivity index is 2.17. The van der Waals surface area contributed by atoms with Crippen molar-refractivity contribution in [2.75, 3.05) is 0 Å². The zero-order chi connectivity index (χ0) is 2.99. The van der Waals surface area contributed by atoms with Crippen LogP contribution in [-0.4, -0.2) is 45.2 Å². The minimum atomic E-state index is 0.208. The quantitative estimate of drug-likeness (QED) is 0.476. The third-order valence-corrected chi connectivity index (χ3v) is 50.0. The Hall–Kier alpha value is 2.08. The van der Waals surface area contributed by atoms with Gasteiger partial charge in [0.15, 0.2) is 0 Å². The van der Waals surface area contributed by atoms with E-state index < -0.39 is 0 Å². The molecule has 0 aromatic rings. The van der Waals surface area contributed by atoms with Crippen molar-refractivity contribution in [1.29, 1.82) is 0 Å². The van der Waals surface area contributed by atoms with Crippen LogP contribution in [0.3, 0.4) is 0 Å². The van der Waals surface area contributed by atoms with Gasteiger partial charge in [0.2, 0.25) is 0 Å². The van der Waals surface area contributed by atoms with Gasteiger partial charge in [0, 0.05) is 0 Å². The van der Waals surface area contributed by atoms with E-state index in [-0.39, 0.29) is 8.42 Å². The van der Waals surface area contributed by atoms with Crippen LogP contribution in [0.1, 0.15) is 0 Å². The van der Waals surface area contributed by atoms with E-state index in [1.54, 1.807) is 0 Å². The van der Waals surface area contributed by atoms with Crippen molar-refractivity contribution in [1.82, 2.24) is 0 Å². The van der Waals surface area contributed by atoms with Gasteiger partial charge in [0.05, 0.1) is 0 Å². The predicted molar refractivity (Wildman–Crippen MR) is 23.0 cm³/mol. The van der Waals surface area contributed by atoms with Gasteiger partial charge in [-0.25, -0.2) is 0 Å². The average molecular weight is 316 g/mol. The molecule has 1 saturated heterocycles. The van der Waals surface area contributed by atoms with Gasteiger partial charge in [-0.1, -0.05) is 0 Å². The summed E-state index contributed by atoms with van der Waals surface area (Å²) in [5, 5.41) is 0. The Morgan fingerprint density at radius 2 is 1.75 bits per heavy atom. The molecule has 0 nitrogen and oxygen atoms in total. The zero-order valence-corrected chi connectivity index (χ0v) is 8.49. The summed E-state index contributed by atoms with van der Waals surface area (Å²) in [7, 11) is 0.208. The zero-order valence-electron chi connectivity index (χ0n) is 1.63. The molecule has 4 heavy (non-hydrogen) atoms. The molecular weight excluding hydrogens is 316 g/mol. The van der Waals surface area contributed by atoms with Crippen molar-refractivity contribution in [2.45, 2.75) is 0 Å². The van der Waals surface area contributed by atoms with Crippen LogP contribution in [0.5, 0.6) is 0 Å². The summed E-state index contributed by atoms with van der Waals surface area (Å²) >= 11 is 5.62. The van der Waals surface area contributed by atoms with Crippen LogP contribution in [0.4, 0.5) is 0 Å². The summed E-state index contributed by atoms with van der Waals surface area (Å²) in [5.41, 5.74) is 0. The minimum absolute atomic E-state index is 0.208. The van der Waals surface area contributed by atoms with Crippen LogP contribution in [0.15, 0.2) is 0 Å². The third-order valence-electron chi connectivity index (χ3n) is 0.124. The summed E-state index contributed by atoms with van der Waals surface area (Å²) in [5.74, 6) is 0. The monoisotopic (exact) mass is 320 g/mol. The van der Waals surface area contributed by atoms with Gasteiger partial charge in [-0.3, -0.25) is 0 Å². The van der Waals surface area contributed by atoms with Gasteiger partial charge >= 0.3 is 45.2 Å². The SMILES string of the molecule is [Se][Se]1[Se][Se]1. The summed E-state index contributed by atoms with van der Waals surface area (Å²) in [4.78, 5) is 0. The molecule has 0 amide bonds. The van der Waals surface area contributed by atoms with Crippen molar-refractivity contribution in [2.24, 2.45) is 0 Å². The summed E-state index contributed by atoms with van der Waals surface area (Å²) < 4.78 is 0. The van der Waals surface area contributed by atoms with Crippen molar-refractivity contribution >= 4 is 45.2 Å². The number of hydrogen-bond acceptors (Lipinski definition) is 0. The molecule has 2 radical (unpaired) electrons. The van der Waals surface area contributed by atoms with Gasteiger partial charge in [0.1, 0.15) is 0 Å². The van der Waals surface area contributed by atoms with E-state index in [4.69, 9.17) is 0 Å². The second-order valence-electron chi connectivity index (χ2n) is 0.340. The first kappa shape index (κ1) is 4.24. The van der Waals surface area contributed by atoms with Crippen LogP contribution < -0.4 is 0 Å². The van der Waals surface area contributed by atoms with Gasteiger partial charge in [-0.15, -0.1) is 0 Å². The molecule has 24 valence electrons. The van der Waals surface area contributed by atoms with Crippen LogP contribution in [0.25, 0.3) is 0 Å². The molecule has 0 saturated carbocycles. The Morgan fingerprint density at radius 3 is 1.75 bits per heavy atom. The van der Waals surface area contributed by atoms with Crippen molar-refractivity contribution in [3.05, 3.63) is 0 Å². The van der Waals surface area contributed by atoms with E-state index in [9.17, 15) is 0 Å². The fourth-order valence-corrected chi connectivity index (χ4v) is 43.0. The van der Waals surface area contributed by atoms with Gasteiger partial charge in [-0.2, -0.15) is 0 Å². The molecule has 0 N–H and O–H groups in total. The van der Waals surface area contributed by atoms with E-state index in [1.807, 2.05) is 0 Å². The van der Waals surface area contributed by atoms with Crippen molar-refractivity contribution < 1.29 is 0 Å². The normalized spacial score (nSPS) is 26.2. The van der Waals surface area contributed by atoms with Gasteiger partial charge < -0.3 is 0 Å². The molecule has 0 aromatic heterocycles. The standard InChI is InChI=1S/Se4/c1-4-2-3-4. The maximum atomic E-state index is 3.19. The Kier molecular flexibility index (Phi) is 1.79. The molecule has 0 aromatic carbocycles. The summed E-state index contributed by atoms with van der Waals surface area (Å²) in [6.45, 7) is 0. The van der Waals surface area contributed by atoms with E-state index in [2.05, 4.69) is 14.2 Å². The summed E-state index contributed by atoms with van der Waals surface area (Å²) in [6.07, 6.45) is 0. The van der Waals surface area contributed by atoms with Crippen LogP contribution in [0.2, 0.25) is 0 Å². The van der Waals surface area contributed by atoms with E-state index in [0.717, 1.165) is 0 Å². The Morgan fingerprint density at radius 1 is 1.50 bits per heavy atom. The third kappa shape index (κ3) is 1.50. The molecular formula is Se4. The average Bonchev–Trinajstić information content (AvgIpc) is 1.75. The molecule has 0 unspecified atom stereocenters. The predicted octanol–water partition coefficient (Wildman–Crippen LogP) is -1.52. The van der Waals surface area contributed by atoms with Gasteiger partial charge in [0.25, 0.3) is 0 Å². The van der Waals surface area contributed by atoms with E-state index in [1.165, 1.54) is 22.6 Å². The van der Waals surface area contributed by atoms with Crippen LogP contribution in [-0.2, 0) is 0 Å². The Bertz CT molecular complexity index is 19.2. The second kappa shape index (κ2) is 1.69. The molecule has 0 aliphatic carbocycles. The first-order valence-electron chi connectivity index (χ1n) is 0.667. The van der Waals surface area contributed by atoms with E-state index >= 15 is 0 Å². The van der Waals surface area contributed by atoms with E-state index in [0.29, 0.717) is 0 Å². The summed E-state index contributed by atoms with van der Waals surface area (Å²) in [6, 6.07) is 0. The van der Waals surface area contributed by atoms with Crippen molar-refractivity contribution in [3.8, 4) is 0 Å². The van der Waals surface area contributed by atoms with Crippen LogP contribution in [0, 0.1) is 0 Å². The van der Waals surface area contributed by atoms with Crippen molar-refractivity contribution in [3.63, 3.8) is 0 Å². The molecule has 1 aliphatic rings. The molecule has 1 fully saturated rings. The molecule has 1 aliphatic heterocycles. The molecule has 4 heteroatoms. The fraction of sp³-hybridized carbons (Fsp3) is 0. The molecule has 0 bridgehead atoms. The topological polar surface area (TPSA) is 0 Å². The van der Waals surface area contributed by atoms with Gasteiger partial charge in [-0.05, 0) is 0 Å². The number of rotatable bonds is 0. The van der Waals surface area contributed by atoms with Crippen LogP contribution >= 0.6 is 0 Å². The molecule has 1 heterocycles. The molecule has 0 spiro atoms. The first-order chi connectivity index (χ1) is 1.89. The number of hydrogen-bond donors (Lipinski definition) is 0. The molecule has 0 atom stereocenters. The Labute approximate surface area is 44.7 Å². The first-order valence-corrected chi connectivity index (χ1v) is 18.0.